The summed E-state index contributed by atoms with van der Waals surface area (Å²) in [6.07, 6.45) is 3.51. The van der Waals surface area contributed by atoms with Gasteiger partial charge in [0.25, 0.3) is 5.56 Å². The molecule has 30 heavy (non-hydrogen) atoms. The first-order valence-corrected chi connectivity index (χ1v) is 10.2. The molecular formula is C23H23N5O2. The molecule has 0 spiro atoms. The normalized spacial score (nSPS) is 17.3. The topological polar surface area (TPSA) is 84.8 Å². The number of ether oxygens (including phenoxy) is 1. The lowest BCUT2D eigenvalue weighted by Gasteiger charge is -2.22. The van der Waals surface area contributed by atoms with E-state index in [0.29, 0.717) is 22.9 Å². The third-order valence-electron chi connectivity index (χ3n) is 5.54. The van der Waals surface area contributed by atoms with Crippen molar-refractivity contribution in [2.75, 3.05) is 18.5 Å². The number of aromatic amines is 1. The summed E-state index contributed by atoms with van der Waals surface area (Å²) < 4.78 is 7.25. The molecule has 2 aromatic heterocycles. The van der Waals surface area contributed by atoms with Crippen LogP contribution in [-0.2, 0) is 4.74 Å². The molecule has 1 saturated heterocycles. The van der Waals surface area contributed by atoms with Crippen LogP contribution >= 0.6 is 0 Å². The van der Waals surface area contributed by atoms with Gasteiger partial charge in [0.2, 0.25) is 5.95 Å². The lowest BCUT2D eigenvalue weighted by Crippen LogP contribution is -2.20. The summed E-state index contributed by atoms with van der Waals surface area (Å²) in [6.45, 7) is 1.58. The van der Waals surface area contributed by atoms with Crippen LogP contribution in [0.25, 0.3) is 16.7 Å². The van der Waals surface area contributed by atoms with Crippen molar-refractivity contribution in [1.29, 1.82) is 0 Å². The maximum absolute atomic E-state index is 12.7. The second-order valence-corrected chi connectivity index (χ2v) is 7.62. The van der Waals surface area contributed by atoms with E-state index in [1.807, 2.05) is 48.5 Å². The van der Waals surface area contributed by atoms with Crippen molar-refractivity contribution in [1.82, 2.24) is 19.7 Å². The van der Waals surface area contributed by atoms with E-state index < -0.39 is 0 Å². The number of hydrogen-bond acceptors (Lipinski definition) is 5. The number of fused-ring (bicyclic) bond motifs is 1. The number of rotatable bonds is 6. The zero-order chi connectivity index (χ0) is 20.3. The van der Waals surface area contributed by atoms with Crippen LogP contribution in [-0.4, -0.2) is 33.0 Å². The summed E-state index contributed by atoms with van der Waals surface area (Å²) in [4.78, 5) is 20.3. The fraction of sp³-hybridized carbons (Fsp3) is 0.261. The van der Waals surface area contributed by atoms with Gasteiger partial charge in [-0.1, -0.05) is 48.5 Å². The zero-order valence-corrected chi connectivity index (χ0v) is 16.5. The van der Waals surface area contributed by atoms with Crippen molar-refractivity contribution in [3.63, 3.8) is 0 Å². The quantitative estimate of drug-likeness (QED) is 0.515. The molecule has 0 amide bonds. The summed E-state index contributed by atoms with van der Waals surface area (Å²) in [5.41, 5.74) is 2.34. The van der Waals surface area contributed by atoms with Gasteiger partial charge in [-0.2, -0.15) is 10.1 Å². The van der Waals surface area contributed by atoms with E-state index in [1.165, 1.54) is 0 Å². The second kappa shape index (κ2) is 8.12. The molecule has 1 aliphatic rings. The SMILES string of the molecule is O=c1[nH]c(NC(CC2CCOC2)c2ccccc2)nc2c1cnn2-c1ccccc1. The van der Waals surface area contributed by atoms with E-state index in [2.05, 4.69) is 27.5 Å². The van der Waals surface area contributed by atoms with Crippen molar-refractivity contribution in [2.45, 2.75) is 18.9 Å². The Hall–Kier alpha value is -3.45. The molecule has 7 nitrogen and oxygen atoms in total. The van der Waals surface area contributed by atoms with Crippen LogP contribution in [0.2, 0.25) is 0 Å². The molecule has 0 bridgehead atoms. The monoisotopic (exact) mass is 401 g/mol. The Morgan fingerprint density at radius 3 is 2.63 bits per heavy atom. The molecule has 2 atom stereocenters. The maximum Gasteiger partial charge on any atom is 0.263 e. The third kappa shape index (κ3) is 3.71. The second-order valence-electron chi connectivity index (χ2n) is 7.62. The predicted octanol–water partition coefficient (Wildman–Crippen LogP) is 3.69. The van der Waals surface area contributed by atoms with Crippen LogP contribution in [0.4, 0.5) is 5.95 Å². The number of H-pyrrole nitrogens is 1. The fourth-order valence-electron chi connectivity index (χ4n) is 3.98. The first-order chi connectivity index (χ1) is 14.8. The van der Waals surface area contributed by atoms with Crippen LogP contribution in [0.15, 0.2) is 71.7 Å². The average Bonchev–Trinajstić information content (AvgIpc) is 3.45. The average molecular weight is 401 g/mol. The van der Waals surface area contributed by atoms with Crippen molar-refractivity contribution < 1.29 is 4.74 Å². The van der Waals surface area contributed by atoms with Gasteiger partial charge in [-0.05, 0) is 36.5 Å². The molecule has 7 heteroatoms. The number of nitrogens with one attached hydrogen (secondary N) is 2. The van der Waals surface area contributed by atoms with Gasteiger partial charge in [-0.15, -0.1) is 0 Å². The number of hydrogen-bond donors (Lipinski definition) is 2. The molecule has 2 aromatic carbocycles. The van der Waals surface area contributed by atoms with Gasteiger partial charge >= 0.3 is 0 Å². The molecule has 3 heterocycles. The van der Waals surface area contributed by atoms with Crippen LogP contribution < -0.4 is 10.9 Å². The van der Waals surface area contributed by atoms with Gasteiger partial charge < -0.3 is 10.1 Å². The van der Waals surface area contributed by atoms with Gasteiger partial charge in [0.15, 0.2) is 5.65 Å². The molecule has 1 aliphatic heterocycles. The molecule has 2 unspecified atom stereocenters. The number of nitrogens with zero attached hydrogens (tertiary/aromatic N) is 3. The minimum Gasteiger partial charge on any atom is -0.381 e. The van der Waals surface area contributed by atoms with Gasteiger partial charge in [-0.25, -0.2) is 4.68 Å². The third-order valence-corrected chi connectivity index (χ3v) is 5.54. The highest BCUT2D eigenvalue weighted by molar-refractivity contribution is 5.76. The number of aromatic nitrogens is 4. The molecule has 152 valence electrons. The highest BCUT2D eigenvalue weighted by Gasteiger charge is 2.23. The lowest BCUT2D eigenvalue weighted by atomic mass is 9.94. The molecule has 0 radical (unpaired) electrons. The Morgan fingerprint density at radius 1 is 1.13 bits per heavy atom. The predicted molar refractivity (Wildman–Crippen MR) is 116 cm³/mol. The molecule has 1 fully saturated rings. The van der Waals surface area contributed by atoms with Crippen LogP contribution in [0.3, 0.4) is 0 Å². The Bertz CT molecular complexity index is 1180. The van der Waals surface area contributed by atoms with Crippen molar-refractivity contribution in [3.05, 3.63) is 82.8 Å². The summed E-state index contributed by atoms with van der Waals surface area (Å²) in [6, 6.07) is 20.0. The molecule has 0 aliphatic carbocycles. The minimum absolute atomic E-state index is 0.0200. The van der Waals surface area contributed by atoms with E-state index in [9.17, 15) is 4.79 Å². The first kappa shape index (κ1) is 18.6. The largest absolute Gasteiger partial charge is 0.381 e. The van der Waals surface area contributed by atoms with Crippen molar-refractivity contribution >= 4 is 17.0 Å². The highest BCUT2D eigenvalue weighted by atomic mass is 16.5. The van der Waals surface area contributed by atoms with Crippen molar-refractivity contribution in [2.24, 2.45) is 5.92 Å². The maximum atomic E-state index is 12.7. The Balaban J connectivity index is 1.51. The molecule has 2 N–H and O–H groups in total. The van der Waals surface area contributed by atoms with E-state index in [0.717, 1.165) is 37.3 Å². The minimum atomic E-state index is -0.208. The van der Waals surface area contributed by atoms with Gasteiger partial charge in [0, 0.05) is 13.2 Å². The van der Waals surface area contributed by atoms with Crippen LogP contribution in [0, 0.1) is 5.92 Å². The van der Waals surface area contributed by atoms with E-state index in [4.69, 9.17) is 9.72 Å². The van der Waals surface area contributed by atoms with Gasteiger partial charge in [0.05, 0.1) is 17.9 Å². The Kier molecular flexibility index (Phi) is 5.03. The number of para-hydroxylation sites is 1. The van der Waals surface area contributed by atoms with Crippen LogP contribution in [0.1, 0.15) is 24.4 Å². The standard InChI is InChI=1S/C23H23N5O2/c29-22-19-14-24-28(18-9-5-2-6-10-18)21(19)26-23(27-22)25-20(13-16-11-12-30-15-16)17-7-3-1-4-8-17/h1-10,14,16,20H,11-13,15H2,(H2,25,26,27,29). The Morgan fingerprint density at radius 2 is 1.90 bits per heavy atom. The van der Waals surface area contributed by atoms with E-state index in [1.54, 1.807) is 10.9 Å². The fourth-order valence-corrected chi connectivity index (χ4v) is 3.98. The van der Waals surface area contributed by atoms with E-state index in [-0.39, 0.29) is 11.6 Å². The molecular weight excluding hydrogens is 378 g/mol. The smallest absolute Gasteiger partial charge is 0.263 e. The summed E-state index contributed by atoms with van der Waals surface area (Å²) >= 11 is 0. The lowest BCUT2D eigenvalue weighted by molar-refractivity contribution is 0.183. The van der Waals surface area contributed by atoms with Gasteiger partial charge in [0.1, 0.15) is 5.39 Å². The summed E-state index contributed by atoms with van der Waals surface area (Å²) in [5.74, 6) is 0.922. The Labute approximate surface area is 173 Å². The van der Waals surface area contributed by atoms with Crippen molar-refractivity contribution in [3.8, 4) is 5.69 Å². The molecule has 5 rings (SSSR count). The molecule has 4 aromatic rings. The number of anilines is 1. The van der Waals surface area contributed by atoms with Crippen LogP contribution in [0.5, 0.6) is 0 Å². The first-order valence-electron chi connectivity index (χ1n) is 10.2. The number of benzene rings is 2. The van der Waals surface area contributed by atoms with E-state index >= 15 is 0 Å². The highest BCUT2D eigenvalue weighted by Crippen LogP contribution is 2.29. The summed E-state index contributed by atoms with van der Waals surface area (Å²) in [5, 5.41) is 8.30. The molecule has 0 saturated carbocycles. The summed E-state index contributed by atoms with van der Waals surface area (Å²) in [7, 11) is 0. The zero-order valence-electron chi connectivity index (χ0n) is 16.5. The van der Waals surface area contributed by atoms with Gasteiger partial charge in [-0.3, -0.25) is 9.78 Å².